The Morgan fingerprint density at radius 3 is 2.57 bits per heavy atom. The maximum atomic E-state index is 12.6. The fourth-order valence-corrected chi connectivity index (χ4v) is 3.33. The number of H-pyrrole nitrogens is 1. The van der Waals surface area contributed by atoms with Crippen LogP contribution in [0.1, 0.15) is 61.3 Å². The number of hydrogen-bond donors (Lipinski definition) is 3. The Kier molecular flexibility index (Phi) is 10.3. The van der Waals surface area contributed by atoms with Gasteiger partial charge in [0.25, 0.3) is 5.91 Å². The number of carbonyl (C=O) groups is 1. The summed E-state index contributed by atoms with van der Waals surface area (Å²) in [5, 5.41) is 6.41. The highest BCUT2D eigenvalue weighted by Gasteiger charge is 2.10. The van der Waals surface area contributed by atoms with Gasteiger partial charge in [0.05, 0.1) is 6.54 Å². The summed E-state index contributed by atoms with van der Waals surface area (Å²) in [5.74, 6) is 0.900. The van der Waals surface area contributed by atoms with Gasteiger partial charge in [-0.15, -0.1) is 0 Å². The molecule has 154 valence electrons. The van der Waals surface area contributed by atoms with Crippen LogP contribution in [-0.2, 0) is 13.1 Å². The van der Waals surface area contributed by atoms with E-state index in [0.717, 1.165) is 42.9 Å². The predicted molar refractivity (Wildman–Crippen MR) is 114 cm³/mol. The van der Waals surface area contributed by atoms with Gasteiger partial charge < -0.3 is 20.5 Å². The summed E-state index contributed by atoms with van der Waals surface area (Å²) in [6.07, 6.45) is 8.06. The molecule has 3 N–H and O–H groups in total. The lowest BCUT2D eigenvalue weighted by molar-refractivity contribution is 0.0951. The molecule has 0 saturated carbocycles. The van der Waals surface area contributed by atoms with Crippen LogP contribution < -0.4 is 10.6 Å². The third-order valence-electron chi connectivity index (χ3n) is 4.69. The molecule has 0 aliphatic carbocycles. The summed E-state index contributed by atoms with van der Waals surface area (Å²) in [5.41, 5.74) is 1.75. The molecule has 6 heteroatoms. The molecule has 1 aromatic carbocycles. The molecular weight excluding hydrogens is 350 g/mol. The Hall–Kier alpha value is -2.18. The first-order chi connectivity index (χ1) is 13.7. The first-order valence-corrected chi connectivity index (χ1v) is 10.5. The van der Waals surface area contributed by atoms with Crippen molar-refractivity contribution in [1.82, 2.24) is 25.5 Å². The number of carbonyl (C=O) groups excluding carboxylic acids is 1. The maximum Gasteiger partial charge on any atom is 0.251 e. The topological polar surface area (TPSA) is 73.1 Å². The highest BCUT2D eigenvalue weighted by atomic mass is 16.1. The molecule has 1 heterocycles. The third kappa shape index (κ3) is 7.82. The summed E-state index contributed by atoms with van der Waals surface area (Å²) in [4.78, 5) is 22.4. The highest BCUT2D eigenvalue weighted by molar-refractivity contribution is 5.95. The van der Waals surface area contributed by atoms with Crippen LogP contribution in [0.15, 0.2) is 36.7 Å². The van der Waals surface area contributed by atoms with E-state index >= 15 is 0 Å². The second kappa shape index (κ2) is 13.1. The van der Waals surface area contributed by atoms with Gasteiger partial charge in [0.1, 0.15) is 5.82 Å². The van der Waals surface area contributed by atoms with Gasteiger partial charge in [0, 0.05) is 31.0 Å². The van der Waals surface area contributed by atoms with Gasteiger partial charge in [-0.25, -0.2) is 4.98 Å². The first-order valence-electron chi connectivity index (χ1n) is 10.5. The Balaban J connectivity index is 1.72. The van der Waals surface area contributed by atoms with Crippen molar-refractivity contribution in [3.05, 3.63) is 53.6 Å². The molecule has 1 aromatic heterocycles. The molecule has 1 amide bonds. The van der Waals surface area contributed by atoms with E-state index in [0.29, 0.717) is 13.1 Å². The van der Waals surface area contributed by atoms with E-state index < -0.39 is 0 Å². The predicted octanol–water partition coefficient (Wildman–Crippen LogP) is 3.33. The molecular formula is C22H35N5O. The summed E-state index contributed by atoms with van der Waals surface area (Å²) in [6, 6.07) is 7.77. The Morgan fingerprint density at radius 2 is 1.86 bits per heavy atom. The Labute approximate surface area is 169 Å². The van der Waals surface area contributed by atoms with Gasteiger partial charge in [-0.05, 0) is 56.9 Å². The lowest BCUT2D eigenvalue weighted by Gasteiger charge is -2.20. The minimum atomic E-state index is 0.00868. The summed E-state index contributed by atoms with van der Waals surface area (Å²) >= 11 is 0. The van der Waals surface area contributed by atoms with Crippen LogP contribution in [0.2, 0.25) is 0 Å². The fraction of sp³-hybridized carbons (Fsp3) is 0.545. The number of nitrogens with zero attached hydrogens (tertiary/aromatic N) is 2. The lowest BCUT2D eigenvalue weighted by atomic mass is 10.1. The second-order valence-corrected chi connectivity index (χ2v) is 7.10. The van der Waals surface area contributed by atoms with Crippen LogP contribution in [0.25, 0.3) is 0 Å². The average molecular weight is 386 g/mol. The van der Waals surface area contributed by atoms with Crippen molar-refractivity contribution in [3.8, 4) is 0 Å². The molecule has 0 saturated heterocycles. The van der Waals surface area contributed by atoms with Gasteiger partial charge in [0.15, 0.2) is 0 Å². The van der Waals surface area contributed by atoms with Crippen LogP contribution in [0.4, 0.5) is 0 Å². The summed E-state index contributed by atoms with van der Waals surface area (Å²) in [6.45, 7) is 9.90. The molecule has 0 bridgehead atoms. The first kappa shape index (κ1) is 22.1. The van der Waals surface area contributed by atoms with Crippen LogP contribution in [0.3, 0.4) is 0 Å². The van der Waals surface area contributed by atoms with Gasteiger partial charge in [-0.1, -0.05) is 32.0 Å². The highest BCUT2D eigenvalue weighted by Crippen LogP contribution is 2.09. The number of unbranched alkanes of at least 4 members (excludes halogenated alkanes) is 1. The average Bonchev–Trinajstić information content (AvgIpc) is 3.22. The number of rotatable bonds is 14. The normalized spacial score (nSPS) is 11.1. The van der Waals surface area contributed by atoms with E-state index in [9.17, 15) is 4.79 Å². The van der Waals surface area contributed by atoms with Gasteiger partial charge in [-0.2, -0.15) is 0 Å². The SMILES string of the molecule is CCCN(CCC)CCCCNC(=O)c1ccccc1CNCc1ncc[nH]1. The van der Waals surface area contributed by atoms with Crippen LogP contribution in [0.5, 0.6) is 0 Å². The standard InChI is InChI=1S/C22H35N5O/c1-3-14-27(15-4-2)16-8-7-11-26-22(28)20-10-6-5-9-19(20)17-23-18-21-24-12-13-25-21/h5-6,9-10,12-13,23H,3-4,7-8,11,14-18H2,1-2H3,(H,24,25)(H,26,28). The minimum absolute atomic E-state index is 0.00868. The van der Waals surface area contributed by atoms with E-state index in [4.69, 9.17) is 0 Å². The van der Waals surface area contributed by atoms with Gasteiger partial charge in [0.2, 0.25) is 0 Å². The molecule has 0 spiro atoms. The Bertz CT molecular complexity index is 665. The van der Waals surface area contributed by atoms with E-state index in [-0.39, 0.29) is 5.91 Å². The molecule has 0 atom stereocenters. The summed E-state index contributed by atoms with van der Waals surface area (Å²) in [7, 11) is 0. The number of imidazole rings is 1. The van der Waals surface area contributed by atoms with Gasteiger partial charge >= 0.3 is 0 Å². The summed E-state index contributed by atoms with van der Waals surface area (Å²) < 4.78 is 0. The molecule has 0 radical (unpaired) electrons. The molecule has 6 nitrogen and oxygen atoms in total. The Morgan fingerprint density at radius 1 is 1.07 bits per heavy atom. The van der Waals surface area contributed by atoms with E-state index in [1.807, 2.05) is 30.5 Å². The molecule has 2 rings (SSSR count). The molecule has 2 aromatic rings. The molecule has 0 aliphatic heterocycles. The number of aromatic amines is 1. The van der Waals surface area contributed by atoms with Crippen molar-refractivity contribution in [2.45, 2.75) is 52.6 Å². The maximum absolute atomic E-state index is 12.6. The van der Waals surface area contributed by atoms with Crippen molar-refractivity contribution in [2.75, 3.05) is 26.2 Å². The largest absolute Gasteiger partial charge is 0.352 e. The number of aromatic nitrogens is 2. The zero-order valence-electron chi connectivity index (χ0n) is 17.3. The smallest absolute Gasteiger partial charge is 0.251 e. The zero-order chi connectivity index (χ0) is 20.0. The molecule has 28 heavy (non-hydrogen) atoms. The third-order valence-corrected chi connectivity index (χ3v) is 4.69. The van der Waals surface area contributed by atoms with E-state index in [1.54, 1.807) is 6.20 Å². The molecule has 0 unspecified atom stereocenters. The monoisotopic (exact) mass is 385 g/mol. The molecule has 0 fully saturated rings. The fourth-order valence-electron chi connectivity index (χ4n) is 3.33. The van der Waals surface area contributed by atoms with Crippen LogP contribution in [0, 0.1) is 0 Å². The van der Waals surface area contributed by atoms with Crippen molar-refractivity contribution in [1.29, 1.82) is 0 Å². The molecule has 0 aliphatic rings. The van der Waals surface area contributed by atoms with Crippen molar-refractivity contribution in [3.63, 3.8) is 0 Å². The van der Waals surface area contributed by atoms with Gasteiger partial charge in [-0.3, -0.25) is 4.79 Å². The lowest BCUT2D eigenvalue weighted by Crippen LogP contribution is -2.29. The second-order valence-electron chi connectivity index (χ2n) is 7.10. The number of hydrogen-bond acceptors (Lipinski definition) is 4. The van der Waals surface area contributed by atoms with Crippen LogP contribution in [-0.4, -0.2) is 47.0 Å². The van der Waals surface area contributed by atoms with Crippen molar-refractivity contribution >= 4 is 5.91 Å². The number of nitrogens with one attached hydrogen (secondary N) is 3. The minimum Gasteiger partial charge on any atom is -0.352 e. The van der Waals surface area contributed by atoms with E-state index in [1.165, 1.54) is 25.9 Å². The van der Waals surface area contributed by atoms with Crippen LogP contribution >= 0.6 is 0 Å². The quantitative estimate of drug-likeness (QED) is 0.436. The van der Waals surface area contributed by atoms with Crippen molar-refractivity contribution < 1.29 is 4.79 Å². The van der Waals surface area contributed by atoms with Crippen molar-refractivity contribution in [2.24, 2.45) is 0 Å². The van der Waals surface area contributed by atoms with E-state index in [2.05, 4.69) is 39.3 Å². The zero-order valence-corrected chi connectivity index (χ0v) is 17.3. The number of benzene rings is 1. The number of amides is 1.